The van der Waals surface area contributed by atoms with Gasteiger partial charge in [0, 0.05) is 25.1 Å². The lowest BCUT2D eigenvalue weighted by Crippen LogP contribution is -2.52. The van der Waals surface area contributed by atoms with Gasteiger partial charge in [0.15, 0.2) is 0 Å². The number of hydrogen-bond donors (Lipinski definition) is 1. The van der Waals surface area contributed by atoms with Crippen LogP contribution in [0.2, 0.25) is 0 Å². The standard InChI is InChI=1S/C28H30FN3O3/c29-24-14-23-21(16-32(28(23)35)25-7-8-26(33)30-27(25)34)13-22(24)20-9-11-31(12-10-20)15-17-1-3-18(4-2-17)19-5-6-19/h1-4,13-14,19-20,25H,5-12,15-16H2,(H,30,33,34). The Morgan fingerprint density at radius 1 is 0.914 bits per heavy atom. The number of nitrogens with zero attached hydrogens (tertiary/aromatic N) is 2. The normalized spacial score (nSPS) is 23.5. The molecule has 6 rings (SSSR count). The highest BCUT2D eigenvalue weighted by molar-refractivity contribution is 6.05. The van der Waals surface area contributed by atoms with Gasteiger partial charge < -0.3 is 4.90 Å². The first-order chi connectivity index (χ1) is 17.0. The first-order valence-electron chi connectivity index (χ1n) is 12.7. The summed E-state index contributed by atoms with van der Waals surface area (Å²) in [4.78, 5) is 40.6. The third-order valence-electron chi connectivity index (χ3n) is 8.10. The molecule has 7 heteroatoms. The molecule has 1 atom stereocenters. The van der Waals surface area contributed by atoms with Gasteiger partial charge in [0.25, 0.3) is 5.91 Å². The van der Waals surface area contributed by atoms with Gasteiger partial charge in [-0.2, -0.15) is 0 Å². The molecular formula is C28H30FN3O3. The van der Waals surface area contributed by atoms with E-state index in [0.29, 0.717) is 17.5 Å². The summed E-state index contributed by atoms with van der Waals surface area (Å²) < 4.78 is 15.1. The fourth-order valence-corrected chi connectivity index (χ4v) is 5.89. The van der Waals surface area contributed by atoms with E-state index in [9.17, 15) is 14.4 Å². The third-order valence-corrected chi connectivity index (χ3v) is 8.10. The van der Waals surface area contributed by atoms with Crippen molar-refractivity contribution < 1.29 is 18.8 Å². The summed E-state index contributed by atoms with van der Waals surface area (Å²) in [6, 6.07) is 11.5. The molecule has 35 heavy (non-hydrogen) atoms. The van der Waals surface area contributed by atoms with Gasteiger partial charge in [-0.1, -0.05) is 30.3 Å². The summed E-state index contributed by atoms with van der Waals surface area (Å²) in [7, 11) is 0. The average Bonchev–Trinajstić information content (AvgIpc) is 3.65. The number of carbonyl (C=O) groups excluding carboxylic acids is 3. The first-order valence-corrected chi connectivity index (χ1v) is 12.7. The highest BCUT2D eigenvalue weighted by atomic mass is 19.1. The number of rotatable bonds is 5. The van der Waals surface area contributed by atoms with Crippen molar-refractivity contribution >= 4 is 17.7 Å². The molecule has 0 bridgehead atoms. The average molecular weight is 476 g/mol. The lowest BCUT2D eigenvalue weighted by molar-refractivity contribution is -0.136. The molecule has 1 aliphatic carbocycles. The van der Waals surface area contributed by atoms with Crippen LogP contribution in [0.4, 0.5) is 4.39 Å². The van der Waals surface area contributed by atoms with E-state index < -0.39 is 11.9 Å². The highest BCUT2D eigenvalue weighted by Gasteiger charge is 2.40. The van der Waals surface area contributed by atoms with Crippen LogP contribution in [-0.4, -0.2) is 46.7 Å². The second-order valence-corrected chi connectivity index (χ2v) is 10.5. The number of nitrogens with one attached hydrogen (secondary N) is 1. The number of likely N-dealkylation sites (tertiary alicyclic amines) is 1. The SMILES string of the molecule is O=C1CCC(N2Cc3cc(C4CCN(Cc5ccc(C6CC6)cc5)CC4)c(F)cc3C2=O)C(=O)N1. The molecule has 1 unspecified atom stereocenters. The van der Waals surface area contributed by atoms with Crippen LogP contribution in [0, 0.1) is 5.82 Å². The molecule has 3 amide bonds. The smallest absolute Gasteiger partial charge is 0.255 e. The predicted octanol–water partition coefficient (Wildman–Crippen LogP) is 3.84. The molecule has 1 saturated carbocycles. The maximum Gasteiger partial charge on any atom is 0.255 e. The largest absolute Gasteiger partial charge is 0.322 e. The van der Waals surface area contributed by atoms with Gasteiger partial charge in [0.2, 0.25) is 11.8 Å². The number of piperidine rings is 2. The monoisotopic (exact) mass is 475 g/mol. The van der Waals surface area contributed by atoms with Crippen LogP contribution in [0.3, 0.4) is 0 Å². The Hall–Kier alpha value is -3.06. The van der Waals surface area contributed by atoms with E-state index in [-0.39, 0.29) is 36.5 Å². The predicted molar refractivity (Wildman–Crippen MR) is 128 cm³/mol. The van der Waals surface area contributed by atoms with Crippen molar-refractivity contribution in [2.24, 2.45) is 0 Å². The summed E-state index contributed by atoms with van der Waals surface area (Å²) in [6.45, 7) is 3.02. The second-order valence-electron chi connectivity index (χ2n) is 10.5. The van der Waals surface area contributed by atoms with E-state index >= 15 is 4.39 Å². The molecule has 4 aliphatic rings. The number of amides is 3. The van der Waals surface area contributed by atoms with Crippen molar-refractivity contribution in [1.29, 1.82) is 0 Å². The molecule has 3 fully saturated rings. The van der Waals surface area contributed by atoms with Crippen molar-refractivity contribution in [3.05, 3.63) is 70.0 Å². The zero-order chi connectivity index (χ0) is 24.1. The summed E-state index contributed by atoms with van der Waals surface area (Å²) in [5, 5.41) is 2.31. The van der Waals surface area contributed by atoms with Crippen LogP contribution in [-0.2, 0) is 22.7 Å². The van der Waals surface area contributed by atoms with Crippen molar-refractivity contribution in [1.82, 2.24) is 15.1 Å². The maximum atomic E-state index is 15.1. The van der Waals surface area contributed by atoms with Crippen LogP contribution < -0.4 is 5.32 Å². The Labute approximate surface area is 204 Å². The van der Waals surface area contributed by atoms with Crippen LogP contribution in [0.15, 0.2) is 36.4 Å². The molecular weight excluding hydrogens is 445 g/mol. The minimum Gasteiger partial charge on any atom is -0.322 e. The minimum absolute atomic E-state index is 0.119. The lowest BCUT2D eigenvalue weighted by Gasteiger charge is -2.32. The lowest BCUT2D eigenvalue weighted by atomic mass is 9.87. The quantitative estimate of drug-likeness (QED) is 0.667. The minimum atomic E-state index is -0.680. The first kappa shape index (κ1) is 22.4. The molecule has 2 aromatic carbocycles. The fourth-order valence-electron chi connectivity index (χ4n) is 5.89. The molecule has 0 aromatic heterocycles. The number of benzene rings is 2. The number of halogens is 1. The van der Waals surface area contributed by atoms with Gasteiger partial charge in [0.05, 0.1) is 0 Å². The van der Waals surface area contributed by atoms with E-state index in [0.717, 1.165) is 44.0 Å². The van der Waals surface area contributed by atoms with E-state index in [2.05, 4.69) is 34.5 Å². The van der Waals surface area contributed by atoms with E-state index in [1.807, 2.05) is 6.07 Å². The number of carbonyl (C=O) groups is 3. The molecule has 0 radical (unpaired) electrons. The molecule has 1 N–H and O–H groups in total. The Kier molecular flexibility index (Phi) is 5.67. The van der Waals surface area contributed by atoms with Crippen molar-refractivity contribution in [3.8, 4) is 0 Å². The molecule has 0 spiro atoms. The molecule has 2 aromatic rings. The Morgan fingerprint density at radius 3 is 2.34 bits per heavy atom. The Balaban J connectivity index is 1.10. The summed E-state index contributed by atoms with van der Waals surface area (Å²) in [5.74, 6) is -0.538. The summed E-state index contributed by atoms with van der Waals surface area (Å²) >= 11 is 0. The van der Waals surface area contributed by atoms with E-state index in [4.69, 9.17) is 0 Å². The van der Waals surface area contributed by atoms with Crippen LogP contribution in [0.25, 0.3) is 0 Å². The van der Waals surface area contributed by atoms with Crippen LogP contribution >= 0.6 is 0 Å². The topological polar surface area (TPSA) is 69.7 Å². The summed E-state index contributed by atoms with van der Waals surface area (Å²) in [5.41, 5.74) is 4.56. The summed E-state index contributed by atoms with van der Waals surface area (Å²) in [6.07, 6.45) is 4.90. The molecule has 182 valence electrons. The van der Waals surface area contributed by atoms with Crippen molar-refractivity contribution in [2.75, 3.05) is 13.1 Å². The van der Waals surface area contributed by atoms with Crippen LogP contribution in [0.1, 0.15) is 83.0 Å². The number of imide groups is 1. The second kappa shape index (κ2) is 8.86. The van der Waals surface area contributed by atoms with Gasteiger partial charge in [-0.25, -0.2) is 4.39 Å². The Bertz CT molecular complexity index is 1180. The Morgan fingerprint density at radius 2 is 1.66 bits per heavy atom. The van der Waals surface area contributed by atoms with Gasteiger partial charge in [-0.15, -0.1) is 0 Å². The molecule has 3 heterocycles. The number of hydrogen-bond acceptors (Lipinski definition) is 4. The third kappa shape index (κ3) is 4.38. The van der Waals surface area contributed by atoms with Crippen LogP contribution in [0.5, 0.6) is 0 Å². The molecule has 6 nitrogen and oxygen atoms in total. The van der Waals surface area contributed by atoms with Gasteiger partial charge in [-0.3, -0.25) is 24.6 Å². The van der Waals surface area contributed by atoms with Gasteiger partial charge in [0.1, 0.15) is 11.9 Å². The van der Waals surface area contributed by atoms with Gasteiger partial charge >= 0.3 is 0 Å². The molecule has 3 aliphatic heterocycles. The zero-order valence-electron chi connectivity index (χ0n) is 19.8. The van der Waals surface area contributed by atoms with E-state index in [1.165, 1.54) is 34.9 Å². The van der Waals surface area contributed by atoms with Crippen molar-refractivity contribution in [3.63, 3.8) is 0 Å². The van der Waals surface area contributed by atoms with Gasteiger partial charge in [-0.05, 0) is 85.3 Å². The number of fused-ring (bicyclic) bond motifs is 1. The highest BCUT2D eigenvalue weighted by Crippen LogP contribution is 2.40. The molecule has 2 saturated heterocycles. The van der Waals surface area contributed by atoms with E-state index in [1.54, 1.807) is 0 Å². The zero-order valence-corrected chi connectivity index (χ0v) is 19.8. The maximum absolute atomic E-state index is 15.1. The fraction of sp³-hybridized carbons (Fsp3) is 0.464. The van der Waals surface area contributed by atoms with Crippen molar-refractivity contribution in [2.45, 2.75) is 69.5 Å².